The summed E-state index contributed by atoms with van der Waals surface area (Å²) in [5.74, 6) is -0.599. The Hall–Kier alpha value is -2.63. The minimum absolute atomic E-state index is 0.0367. The molecule has 2 aliphatic heterocycles. The Balaban J connectivity index is 1.86. The number of carbonyl (C=O) groups excluding carboxylic acids is 2. The van der Waals surface area contributed by atoms with E-state index in [2.05, 4.69) is 0 Å². The number of anilines is 1. The SMILES string of the molecule is Cc1ccc(C)c(N2C(=O)C(c3ccc(Cl)cc3)=C(N3CC(C)OC(C)C3)C2=O)c1. The quantitative estimate of drug-likeness (QED) is 0.687. The summed E-state index contributed by atoms with van der Waals surface area (Å²) in [5, 5.41) is 0.581. The van der Waals surface area contributed by atoms with Crippen molar-refractivity contribution in [3.63, 3.8) is 0 Å². The molecule has 6 heteroatoms. The van der Waals surface area contributed by atoms with Gasteiger partial charge in [0.15, 0.2) is 0 Å². The fourth-order valence-electron chi connectivity index (χ4n) is 4.23. The van der Waals surface area contributed by atoms with Crippen LogP contribution in [0, 0.1) is 13.8 Å². The van der Waals surface area contributed by atoms with E-state index in [0.717, 1.165) is 11.1 Å². The van der Waals surface area contributed by atoms with Gasteiger partial charge < -0.3 is 9.64 Å². The standard InChI is InChI=1S/C24H25ClN2O3/c1-14-5-6-15(2)20(11-14)27-23(28)21(18-7-9-19(25)10-8-18)22(24(27)29)26-12-16(3)30-17(4)13-26/h5-11,16-17H,12-13H2,1-4H3. The zero-order valence-corrected chi connectivity index (χ0v) is 18.4. The summed E-state index contributed by atoms with van der Waals surface area (Å²) in [4.78, 5) is 30.6. The fourth-order valence-corrected chi connectivity index (χ4v) is 4.35. The van der Waals surface area contributed by atoms with E-state index >= 15 is 0 Å². The maximum Gasteiger partial charge on any atom is 0.282 e. The largest absolute Gasteiger partial charge is 0.372 e. The highest BCUT2D eigenvalue weighted by atomic mass is 35.5. The molecule has 156 valence electrons. The molecule has 4 rings (SSSR count). The highest BCUT2D eigenvalue weighted by Gasteiger charge is 2.44. The van der Waals surface area contributed by atoms with Gasteiger partial charge in [0.1, 0.15) is 5.70 Å². The number of aryl methyl sites for hydroxylation is 2. The summed E-state index contributed by atoms with van der Waals surface area (Å²) in [7, 11) is 0. The third-order valence-corrected chi connectivity index (χ3v) is 5.79. The highest BCUT2D eigenvalue weighted by molar-refractivity contribution is 6.45. The number of imide groups is 1. The van der Waals surface area contributed by atoms with Crippen molar-refractivity contribution in [3.8, 4) is 0 Å². The van der Waals surface area contributed by atoms with E-state index < -0.39 is 0 Å². The molecule has 1 saturated heterocycles. The van der Waals surface area contributed by atoms with E-state index in [1.54, 1.807) is 24.3 Å². The first kappa shape index (κ1) is 20.6. The van der Waals surface area contributed by atoms with Crippen molar-refractivity contribution in [2.45, 2.75) is 39.9 Å². The van der Waals surface area contributed by atoms with Crippen molar-refractivity contribution in [3.05, 3.63) is 69.9 Å². The van der Waals surface area contributed by atoms with E-state index in [4.69, 9.17) is 16.3 Å². The number of hydrogen-bond donors (Lipinski definition) is 0. The third-order valence-electron chi connectivity index (χ3n) is 5.53. The molecule has 0 N–H and O–H groups in total. The topological polar surface area (TPSA) is 49.9 Å². The molecule has 30 heavy (non-hydrogen) atoms. The van der Waals surface area contributed by atoms with E-state index in [1.807, 2.05) is 50.8 Å². The van der Waals surface area contributed by atoms with Crippen LogP contribution >= 0.6 is 11.6 Å². The van der Waals surface area contributed by atoms with Crippen molar-refractivity contribution in [2.75, 3.05) is 18.0 Å². The second-order valence-electron chi connectivity index (χ2n) is 8.13. The van der Waals surface area contributed by atoms with Crippen LogP contribution in [0.4, 0.5) is 5.69 Å². The zero-order chi connectivity index (χ0) is 21.6. The Morgan fingerprint density at radius 2 is 1.57 bits per heavy atom. The van der Waals surface area contributed by atoms with Gasteiger partial charge in [0.25, 0.3) is 11.8 Å². The molecule has 0 aromatic heterocycles. The molecule has 2 unspecified atom stereocenters. The lowest BCUT2D eigenvalue weighted by Crippen LogP contribution is -2.47. The van der Waals surface area contributed by atoms with Crippen molar-refractivity contribution in [2.24, 2.45) is 0 Å². The van der Waals surface area contributed by atoms with Crippen LogP contribution < -0.4 is 4.90 Å². The van der Waals surface area contributed by atoms with Crippen LogP contribution in [0.5, 0.6) is 0 Å². The molecule has 2 heterocycles. The summed E-state index contributed by atoms with van der Waals surface area (Å²) in [6.45, 7) is 8.93. The van der Waals surface area contributed by atoms with Gasteiger partial charge in [-0.3, -0.25) is 9.59 Å². The summed E-state index contributed by atoms with van der Waals surface area (Å²) < 4.78 is 5.85. The maximum absolute atomic E-state index is 13.7. The van der Waals surface area contributed by atoms with Crippen LogP contribution in [0.2, 0.25) is 5.02 Å². The van der Waals surface area contributed by atoms with E-state index in [-0.39, 0.29) is 24.0 Å². The lowest BCUT2D eigenvalue weighted by atomic mass is 10.0. The minimum atomic E-state index is -0.308. The maximum atomic E-state index is 13.7. The molecule has 1 fully saturated rings. The first-order valence-electron chi connectivity index (χ1n) is 10.1. The molecule has 2 aromatic rings. The molecule has 2 amide bonds. The lowest BCUT2D eigenvalue weighted by molar-refractivity contribution is -0.121. The number of carbonyl (C=O) groups is 2. The number of hydrogen-bond acceptors (Lipinski definition) is 4. The third kappa shape index (κ3) is 3.64. The van der Waals surface area contributed by atoms with Gasteiger partial charge in [0, 0.05) is 18.1 Å². The predicted molar refractivity (Wildman–Crippen MR) is 118 cm³/mol. The molecule has 0 saturated carbocycles. The van der Waals surface area contributed by atoms with E-state index in [0.29, 0.717) is 40.6 Å². The highest BCUT2D eigenvalue weighted by Crippen LogP contribution is 2.37. The monoisotopic (exact) mass is 424 g/mol. The average Bonchev–Trinajstić information content (AvgIpc) is 2.94. The molecule has 5 nitrogen and oxygen atoms in total. The first-order chi connectivity index (χ1) is 14.3. The van der Waals surface area contributed by atoms with E-state index in [1.165, 1.54) is 4.90 Å². The lowest BCUT2D eigenvalue weighted by Gasteiger charge is -2.37. The predicted octanol–water partition coefficient (Wildman–Crippen LogP) is 4.35. The zero-order valence-electron chi connectivity index (χ0n) is 17.6. The Morgan fingerprint density at radius 1 is 0.933 bits per heavy atom. The van der Waals surface area contributed by atoms with Gasteiger partial charge >= 0.3 is 0 Å². The van der Waals surface area contributed by atoms with Crippen LogP contribution in [0.15, 0.2) is 48.2 Å². The molecular weight excluding hydrogens is 400 g/mol. The fraction of sp³-hybridized carbons (Fsp3) is 0.333. The number of morpholine rings is 1. The molecule has 2 aliphatic rings. The van der Waals surface area contributed by atoms with Crippen LogP contribution in [0.3, 0.4) is 0 Å². The minimum Gasteiger partial charge on any atom is -0.372 e. The number of halogens is 1. The van der Waals surface area contributed by atoms with Gasteiger partial charge in [-0.1, -0.05) is 35.9 Å². The molecule has 0 spiro atoms. The van der Waals surface area contributed by atoms with Gasteiger partial charge in [0.05, 0.1) is 23.5 Å². The van der Waals surface area contributed by atoms with Gasteiger partial charge in [-0.25, -0.2) is 4.90 Å². The molecule has 0 radical (unpaired) electrons. The average molecular weight is 425 g/mol. The Bertz CT molecular complexity index is 1030. The van der Waals surface area contributed by atoms with Gasteiger partial charge in [0.2, 0.25) is 0 Å². The van der Waals surface area contributed by atoms with Crippen LogP contribution in [-0.4, -0.2) is 42.0 Å². The molecular formula is C24H25ClN2O3. The Morgan fingerprint density at radius 3 is 2.20 bits per heavy atom. The molecule has 0 bridgehead atoms. The van der Waals surface area contributed by atoms with Gasteiger partial charge in [-0.2, -0.15) is 0 Å². The second kappa shape index (κ2) is 7.89. The molecule has 0 aliphatic carbocycles. The van der Waals surface area contributed by atoms with Crippen LogP contribution in [0.1, 0.15) is 30.5 Å². The number of nitrogens with zero attached hydrogens (tertiary/aromatic N) is 2. The van der Waals surface area contributed by atoms with Crippen molar-refractivity contribution < 1.29 is 14.3 Å². The normalized spacial score (nSPS) is 22.3. The first-order valence-corrected chi connectivity index (χ1v) is 10.5. The van der Waals surface area contributed by atoms with Crippen molar-refractivity contribution in [1.29, 1.82) is 0 Å². The van der Waals surface area contributed by atoms with Crippen molar-refractivity contribution >= 4 is 34.7 Å². The molecule has 2 atom stereocenters. The van der Waals surface area contributed by atoms with Gasteiger partial charge in [-0.05, 0) is 62.6 Å². The van der Waals surface area contributed by atoms with Crippen molar-refractivity contribution in [1.82, 2.24) is 4.90 Å². The number of rotatable bonds is 3. The second-order valence-corrected chi connectivity index (χ2v) is 8.56. The van der Waals surface area contributed by atoms with Crippen LogP contribution in [-0.2, 0) is 14.3 Å². The van der Waals surface area contributed by atoms with E-state index in [9.17, 15) is 9.59 Å². The smallest absolute Gasteiger partial charge is 0.282 e. The summed E-state index contributed by atoms with van der Waals surface area (Å²) >= 11 is 6.06. The summed E-state index contributed by atoms with van der Waals surface area (Å²) in [6.07, 6.45) is -0.0734. The number of amides is 2. The van der Waals surface area contributed by atoms with Crippen LogP contribution in [0.25, 0.3) is 5.57 Å². The number of ether oxygens (including phenoxy) is 1. The summed E-state index contributed by atoms with van der Waals surface area (Å²) in [5.41, 5.74) is 4.03. The Kier molecular flexibility index (Phi) is 5.43. The van der Waals surface area contributed by atoms with Gasteiger partial charge in [-0.15, -0.1) is 0 Å². The summed E-state index contributed by atoms with van der Waals surface area (Å²) in [6, 6.07) is 12.9. The Labute approximate surface area is 181 Å². The molecule has 2 aromatic carbocycles. The number of benzene rings is 2.